The van der Waals surface area contributed by atoms with E-state index in [1.807, 2.05) is 33.8 Å². The molecule has 136 valence electrons. The summed E-state index contributed by atoms with van der Waals surface area (Å²) in [7, 11) is 1.63. The Hall–Kier alpha value is -2.30. The quantitative estimate of drug-likeness (QED) is 0.614. The zero-order valence-corrected chi connectivity index (χ0v) is 15.7. The van der Waals surface area contributed by atoms with E-state index < -0.39 is 0 Å². The highest BCUT2D eigenvalue weighted by molar-refractivity contribution is 6.23. The largest absolute Gasteiger partial charge is 0.511 e. The van der Waals surface area contributed by atoms with Crippen molar-refractivity contribution in [2.24, 2.45) is 5.16 Å². The molecule has 1 atom stereocenters. The number of oxime groups is 1. The molecule has 1 aromatic rings. The SMILES string of the molecule is CCO/N=C(/CC)C1=C(O)CC(c2c(C)cc(C)cc2OC)CC1=O. The van der Waals surface area contributed by atoms with Gasteiger partial charge in [0.25, 0.3) is 0 Å². The second-order valence-electron chi connectivity index (χ2n) is 6.36. The molecular weight excluding hydrogens is 318 g/mol. The number of carbonyl (C=O) groups excluding carboxylic acids is 1. The predicted octanol–water partition coefficient (Wildman–Crippen LogP) is 4.37. The Morgan fingerprint density at radius 3 is 2.56 bits per heavy atom. The summed E-state index contributed by atoms with van der Waals surface area (Å²) in [5.74, 6) is 0.655. The molecule has 0 bridgehead atoms. The minimum atomic E-state index is -0.101. The molecule has 1 aliphatic carbocycles. The first-order valence-corrected chi connectivity index (χ1v) is 8.72. The fraction of sp³-hybridized carbons (Fsp3) is 0.500. The van der Waals surface area contributed by atoms with Crippen molar-refractivity contribution in [3.63, 3.8) is 0 Å². The molecule has 0 aliphatic heterocycles. The van der Waals surface area contributed by atoms with Gasteiger partial charge < -0.3 is 14.7 Å². The summed E-state index contributed by atoms with van der Waals surface area (Å²) < 4.78 is 5.53. The predicted molar refractivity (Wildman–Crippen MR) is 98.5 cm³/mol. The third-order valence-corrected chi connectivity index (χ3v) is 4.49. The lowest BCUT2D eigenvalue weighted by Crippen LogP contribution is -2.24. The number of ketones is 1. The summed E-state index contributed by atoms with van der Waals surface area (Å²) >= 11 is 0. The third kappa shape index (κ3) is 4.03. The van der Waals surface area contributed by atoms with Crippen LogP contribution in [0.1, 0.15) is 55.7 Å². The van der Waals surface area contributed by atoms with Crippen molar-refractivity contribution < 1.29 is 19.5 Å². The van der Waals surface area contributed by atoms with Gasteiger partial charge in [0.05, 0.1) is 18.4 Å². The number of methoxy groups -OCH3 is 1. The van der Waals surface area contributed by atoms with Crippen molar-refractivity contribution in [1.29, 1.82) is 0 Å². The van der Waals surface area contributed by atoms with Crippen LogP contribution in [0.2, 0.25) is 0 Å². The molecule has 0 saturated carbocycles. The van der Waals surface area contributed by atoms with E-state index in [4.69, 9.17) is 9.57 Å². The summed E-state index contributed by atoms with van der Waals surface area (Å²) in [6, 6.07) is 4.05. The fourth-order valence-corrected chi connectivity index (χ4v) is 3.49. The van der Waals surface area contributed by atoms with Crippen LogP contribution >= 0.6 is 0 Å². The summed E-state index contributed by atoms with van der Waals surface area (Å²) in [6.07, 6.45) is 1.25. The molecule has 0 saturated heterocycles. The Morgan fingerprint density at radius 2 is 2.00 bits per heavy atom. The van der Waals surface area contributed by atoms with E-state index in [1.54, 1.807) is 7.11 Å². The maximum atomic E-state index is 12.7. The summed E-state index contributed by atoms with van der Waals surface area (Å²) in [5.41, 5.74) is 4.00. The molecule has 25 heavy (non-hydrogen) atoms. The monoisotopic (exact) mass is 345 g/mol. The Bertz CT molecular complexity index is 719. The first kappa shape index (κ1) is 19.0. The number of aliphatic hydroxyl groups is 1. The molecule has 0 spiro atoms. The van der Waals surface area contributed by atoms with Gasteiger partial charge in [0, 0.05) is 24.3 Å². The lowest BCUT2D eigenvalue weighted by Gasteiger charge is -2.27. The van der Waals surface area contributed by atoms with Crippen molar-refractivity contribution in [3.05, 3.63) is 40.2 Å². The van der Waals surface area contributed by atoms with E-state index in [0.29, 0.717) is 37.2 Å². The van der Waals surface area contributed by atoms with Crippen molar-refractivity contribution in [2.75, 3.05) is 13.7 Å². The number of ether oxygens (including phenoxy) is 1. The first-order valence-electron chi connectivity index (χ1n) is 8.72. The molecule has 2 rings (SSSR count). The van der Waals surface area contributed by atoms with E-state index in [0.717, 1.165) is 22.4 Å². The summed E-state index contributed by atoms with van der Waals surface area (Å²) in [6.45, 7) is 8.17. The number of rotatable bonds is 6. The van der Waals surface area contributed by atoms with Crippen molar-refractivity contribution in [2.45, 2.75) is 52.9 Å². The Kier molecular flexibility index (Phi) is 6.23. The van der Waals surface area contributed by atoms with Crippen molar-refractivity contribution in [1.82, 2.24) is 0 Å². The number of nitrogens with zero attached hydrogens (tertiary/aromatic N) is 1. The lowest BCUT2D eigenvalue weighted by molar-refractivity contribution is -0.116. The van der Waals surface area contributed by atoms with Crippen LogP contribution in [0.25, 0.3) is 0 Å². The molecule has 1 aromatic carbocycles. The molecule has 0 fully saturated rings. The van der Waals surface area contributed by atoms with Crippen molar-refractivity contribution >= 4 is 11.5 Å². The minimum Gasteiger partial charge on any atom is -0.511 e. The van der Waals surface area contributed by atoms with Crippen LogP contribution in [-0.4, -0.2) is 30.3 Å². The second kappa shape index (κ2) is 8.19. The molecule has 1 aliphatic rings. The average Bonchev–Trinajstić information content (AvgIpc) is 2.56. The van der Waals surface area contributed by atoms with Crippen LogP contribution in [-0.2, 0) is 9.63 Å². The molecule has 5 heteroatoms. The van der Waals surface area contributed by atoms with Gasteiger partial charge in [-0.2, -0.15) is 0 Å². The number of benzene rings is 1. The highest BCUT2D eigenvalue weighted by Crippen LogP contribution is 2.40. The molecule has 0 radical (unpaired) electrons. The van der Waals surface area contributed by atoms with Crippen LogP contribution in [0, 0.1) is 13.8 Å². The van der Waals surface area contributed by atoms with E-state index in [2.05, 4.69) is 11.2 Å². The molecule has 5 nitrogen and oxygen atoms in total. The zero-order chi connectivity index (χ0) is 18.6. The number of allylic oxidation sites excluding steroid dienone is 2. The zero-order valence-electron chi connectivity index (χ0n) is 15.7. The summed E-state index contributed by atoms with van der Waals surface area (Å²) in [4.78, 5) is 17.8. The van der Waals surface area contributed by atoms with Gasteiger partial charge in [0.2, 0.25) is 0 Å². The van der Waals surface area contributed by atoms with Gasteiger partial charge in [-0.3, -0.25) is 4.79 Å². The lowest BCUT2D eigenvalue weighted by atomic mass is 9.79. The van der Waals surface area contributed by atoms with Gasteiger partial charge in [-0.05, 0) is 44.4 Å². The average molecular weight is 345 g/mol. The van der Waals surface area contributed by atoms with Gasteiger partial charge in [0.15, 0.2) is 5.78 Å². The maximum Gasteiger partial charge on any atom is 0.168 e. The number of Topliss-reactive ketones (excluding diaryl/α,β-unsaturated/α-hetero) is 1. The highest BCUT2D eigenvalue weighted by Gasteiger charge is 2.33. The molecule has 0 heterocycles. The van der Waals surface area contributed by atoms with E-state index in [-0.39, 0.29) is 17.5 Å². The van der Waals surface area contributed by atoms with Crippen LogP contribution in [0.5, 0.6) is 5.75 Å². The number of aliphatic hydroxyl groups excluding tert-OH is 1. The Morgan fingerprint density at radius 1 is 1.28 bits per heavy atom. The Balaban J connectivity index is 2.41. The van der Waals surface area contributed by atoms with Crippen LogP contribution in [0.15, 0.2) is 28.6 Å². The fourth-order valence-electron chi connectivity index (χ4n) is 3.49. The van der Waals surface area contributed by atoms with Crippen LogP contribution in [0.4, 0.5) is 0 Å². The molecule has 0 amide bonds. The number of hydrogen-bond acceptors (Lipinski definition) is 5. The van der Waals surface area contributed by atoms with E-state index >= 15 is 0 Å². The first-order chi connectivity index (χ1) is 11.9. The third-order valence-electron chi connectivity index (χ3n) is 4.49. The Labute approximate surface area is 149 Å². The van der Waals surface area contributed by atoms with Gasteiger partial charge in [-0.15, -0.1) is 0 Å². The minimum absolute atomic E-state index is 0.0866. The smallest absolute Gasteiger partial charge is 0.168 e. The number of hydrogen-bond donors (Lipinski definition) is 1. The standard InChI is InChI=1S/C20H27NO4/c1-6-15(21-25-7-2)20-16(22)10-14(11-17(20)23)19-13(4)8-12(3)9-18(19)24-5/h8-9,14,22H,6-7,10-11H2,1-5H3/b21-15-. The molecular formula is C20H27NO4. The van der Waals surface area contributed by atoms with Gasteiger partial charge in [-0.25, -0.2) is 0 Å². The summed E-state index contributed by atoms with van der Waals surface area (Å²) in [5, 5.41) is 14.6. The highest BCUT2D eigenvalue weighted by atomic mass is 16.6. The van der Waals surface area contributed by atoms with E-state index in [9.17, 15) is 9.90 Å². The van der Waals surface area contributed by atoms with Crippen LogP contribution in [0.3, 0.4) is 0 Å². The normalized spacial score (nSPS) is 18.5. The molecule has 1 unspecified atom stereocenters. The van der Waals surface area contributed by atoms with Gasteiger partial charge in [0.1, 0.15) is 18.1 Å². The van der Waals surface area contributed by atoms with Crippen molar-refractivity contribution in [3.8, 4) is 5.75 Å². The van der Waals surface area contributed by atoms with E-state index in [1.165, 1.54) is 0 Å². The number of carbonyl (C=O) groups is 1. The second-order valence-corrected chi connectivity index (χ2v) is 6.36. The number of aryl methyl sites for hydroxylation is 2. The van der Waals surface area contributed by atoms with Crippen LogP contribution < -0.4 is 4.74 Å². The van der Waals surface area contributed by atoms with Gasteiger partial charge >= 0.3 is 0 Å². The molecule has 0 aromatic heterocycles. The van der Waals surface area contributed by atoms with Gasteiger partial charge in [-0.1, -0.05) is 18.1 Å². The maximum absolute atomic E-state index is 12.7. The topological polar surface area (TPSA) is 68.1 Å². The molecule has 1 N–H and O–H groups in total.